The minimum Gasteiger partial charge on any atom is -0.348 e. The molecule has 1 aromatic rings. The van der Waals surface area contributed by atoms with Crippen LogP contribution in [0.3, 0.4) is 0 Å². The Hall–Kier alpha value is -1.60. The van der Waals surface area contributed by atoms with E-state index in [0.29, 0.717) is 17.8 Å². The number of nitrogens with two attached hydrogens (primary N) is 1. The van der Waals surface area contributed by atoms with E-state index >= 15 is 0 Å². The summed E-state index contributed by atoms with van der Waals surface area (Å²) < 4.78 is 24.8. The van der Waals surface area contributed by atoms with Gasteiger partial charge in [-0.15, -0.1) is 0 Å². The summed E-state index contributed by atoms with van der Waals surface area (Å²) >= 11 is 0. The van der Waals surface area contributed by atoms with Gasteiger partial charge in [0.05, 0.1) is 11.9 Å². The third kappa shape index (κ3) is 4.88. The zero-order valence-electron chi connectivity index (χ0n) is 11.2. The highest BCUT2D eigenvalue weighted by molar-refractivity contribution is 7.92. The summed E-state index contributed by atoms with van der Waals surface area (Å²) in [6.45, 7) is 3.89. The van der Waals surface area contributed by atoms with Gasteiger partial charge in [0.15, 0.2) is 0 Å². The molecular weight excluding hydrogens is 266 g/mol. The Morgan fingerprint density at radius 2 is 2.05 bits per heavy atom. The molecule has 0 fully saturated rings. The van der Waals surface area contributed by atoms with Crippen molar-refractivity contribution < 1.29 is 13.2 Å². The fourth-order valence-corrected chi connectivity index (χ4v) is 2.06. The normalized spacial score (nSPS) is 12.8. The minimum absolute atomic E-state index is 0.139. The fraction of sp³-hybridized carbons (Fsp3) is 0.417. The SMILES string of the molecule is Cc1ccc(C(=O)N[C@@H](C)CN)cc1NS(C)(=O)=O. The number of hydrogen-bond acceptors (Lipinski definition) is 4. The predicted molar refractivity (Wildman–Crippen MR) is 75.6 cm³/mol. The van der Waals surface area contributed by atoms with Gasteiger partial charge < -0.3 is 11.1 Å². The van der Waals surface area contributed by atoms with E-state index in [1.165, 1.54) is 6.07 Å². The molecule has 0 aliphatic carbocycles. The summed E-state index contributed by atoms with van der Waals surface area (Å²) in [6.07, 6.45) is 1.07. The van der Waals surface area contributed by atoms with Crippen molar-refractivity contribution in [1.82, 2.24) is 5.32 Å². The highest BCUT2D eigenvalue weighted by Crippen LogP contribution is 2.18. The molecule has 106 valence electrons. The van der Waals surface area contributed by atoms with Gasteiger partial charge in [-0.2, -0.15) is 0 Å². The summed E-state index contributed by atoms with van der Waals surface area (Å²) in [6, 6.07) is 4.70. The molecule has 0 aliphatic heterocycles. The Kier molecular flexibility index (Phi) is 4.90. The van der Waals surface area contributed by atoms with Crippen LogP contribution >= 0.6 is 0 Å². The zero-order chi connectivity index (χ0) is 14.6. The quantitative estimate of drug-likeness (QED) is 0.730. The minimum atomic E-state index is -3.37. The van der Waals surface area contributed by atoms with Crippen molar-refractivity contribution in [1.29, 1.82) is 0 Å². The first-order valence-corrected chi connectivity index (χ1v) is 7.71. The van der Waals surface area contributed by atoms with Crippen LogP contribution in [0.1, 0.15) is 22.8 Å². The topological polar surface area (TPSA) is 101 Å². The lowest BCUT2D eigenvalue weighted by Crippen LogP contribution is -2.37. The van der Waals surface area contributed by atoms with Gasteiger partial charge in [-0.05, 0) is 31.5 Å². The molecule has 0 unspecified atom stereocenters. The van der Waals surface area contributed by atoms with Gasteiger partial charge in [0.1, 0.15) is 0 Å². The maximum absolute atomic E-state index is 11.9. The maximum Gasteiger partial charge on any atom is 0.251 e. The van der Waals surface area contributed by atoms with E-state index in [9.17, 15) is 13.2 Å². The second-order valence-electron chi connectivity index (χ2n) is 4.51. The lowest BCUT2D eigenvalue weighted by Gasteiger charge is -2.13. The van der Waals surface area contributed by atoms with Gasteiger partial charge in [-0.1, -0.05) is 6.07 Å². The molecule has 19 heavy (non-hydrogen) atoms. The molecule has 0 aromatic heterocycles. The van der Waals surface area contributed by atoms with Gasteiger partial charge in [0, 0.05) is 18.2 Å². The Labute approximate surface area is 113 Å². The number of aryl methyl sites for hydroxylation is 1. The average molecular weight is 285 g/mol. The predicted octanol–water partition coefficient (Wildman–Crippen LogP) is 0.444. The van der Waals surface area contributed by atoms with Crippen molar-refractivity contribution in [3.05, 3.63) is 29.3 Å². The molecule has 0 bridgehead atoms. The molecule has 0 saturated carbocycles. The van der Waals surface area contributed by atoms with Gasteiger partial charge in [-0.25, -0.2) is 8.42 Å². The lowest BCUT2D eigenvalue weighted by molar-refractivity contribution is 0.0941. The molecule has 6 nitrogen and oxygen atoms in total. The molecule has 0 radical (unpaired) electrons. The van der Waals surface area contributed by atoms with Crippen LogP contribution in [0.25, 0.3) is 0 Å². The number of amides is 1. The number of rotatable bonds is 5. The van der Waals surface area contributed by atoms with Crippen LogP contribution in [-0.4, -0.2) is 33.2 Å². The number of sulfonamides is 1. The Bertz CT molecular complexity index is 570. The van der Waals surface area contributed by atoms with Crippen LogP contribution < -0.4 is 15.8 Å². The van der Waals surface area contributed by atoms with E-state index in [-0.39, 0.29) is 11.9 Å². The van der Waals surface area contributed by atoms with Crippen LogP contribution in [0.2, 0.25) is 0 Å². The first-order valence-electron chi connectivity index (χ1n) is 5.82. The van der Waals surface area contributed by atoms with E-state index in [1.807, 2.05) is 0 Å². The molecule has 0 saturated heterocycles. The van der Waals surface area contributed by atoms with Gasteiger partial charge >= 0.3 is 0 Å². The van der Waals surface area contributed by atoms with Gasteiger partial charge in [-0.3, -0.25) is 9.52 Å². The molecule has 4 N–H and O–H groups in total. The molecule has 1 rings (SSSR count). The molecule has 7 heteroatoms. The maximum atomic E-state index is 11.9. The highest BCUT2D eigenvalue weighted by Gasteiger charge is 2.12. The number of carbonyl (C=O) groups is 1. The van der Waals surface area contributed by atoms with Crippen LogP contribution in [0.5, 0.6) is 0 Å². The molecule has 1 aromatic carbocycles. The third-order valence-corrected chi connectivity index (χ3v) is 3.12. The second kappa shape index (κ2) is 6.03. The Morgan fingerprint density at radius 1 is 1.42 bits per heavy atom. The zero-order valence-corrected chi connectivity index (χ0v) is 12.0. The second-order valence-corrected chi connectivity index (χ2v) is 6.26. The van der Waals surface area contributed by atoms with Crippen LogP contribution in [0.4, 0.5) is 5.69 Å². The number of nitrogens with one attached hydrogen (secondary N) is 2. The van der Waals surface area contributed by atoms with E-state index in [1.54, 1.807) is 26.0 Å². The highest BCUT2D eigenvalue weighted by atomic mass is 32.2. The summed E-state index contributed by atoms with van der Waals surface area (Å²) in [5.41, 5.74) is 6.96. The van der Waals surface area contributed by atoms with E-state index in [4.69, 9.17) is 5.73 Å². The van der Waals surface area contributed by atoms with Crippen molar-refractivity contribution >= 4 is 21.6 Å². The van der Waals surface area contributed by atoms with E-state index in [2.05, 4.69) is 10.0 Å². The van der Waals surface area contributed by atoms with Crippen LogP contribution in [0, 0.1) is 6.92 Å². The summed E-state index contributed by atoms with van der Waals surface area (Å²) in [5, 5.41) is 2.71. The first-order chi connectivity index (χ1) is 8.73. The molecule has 1 atom stereocenters. The van der Waals surface area contributed by atoms with Gasteiger partial charge in [0.2, 0.25) is 10.0 Å². The van der Waals surface area contributed by atoms with Crippen molar-refractivity contribution in [3.8, 4) is 0 Å². The lowest BCUT2D eigenvalue weighted by atomic mass is 10.1. The third-order valence-electron chi connectivity index (χ3n) is 2.53. The summed E-state index contributed by atoms with van der Waals surface area (Å²) in [7, 11) is -3.37. The summed E-state index contributed by atoms with van der Waals surface area (Å²) in [5.74, 6) is -0.283. The fourth-order valence-electron chi connectivity index (χ4n) is 1.44. The standard InChI is InChI=1S/C12H19N3O3S/c1-8-4-5-10(12(16)14-9(2)7-13)6-11(8)15-19(3,17)18/h4-6,9,15H,7,13H2,1-3H3,(H,14,16)/t9-/m0/s1. The van der Waals surface area contributed by atoms with Crippen molar-refractivity contribution in [2.75, 3.05) is 17.5 Å². The molecule has 0 heterocycles. The number of hydrogen-bond donors (Lipinski definition) is 3. The summed E-state index contributed by atoms with van der Waals surface area (Å²) in [4.78, 5) is 11.9. The largest absolute Gasteiger partial charge is 0.348 e. The number of carbonyl (C=O) groups excluding carboxylic acids is 1. The van der Waals surface area contributed by atoms with E-state index < -0.39 is 10.0 Å². The first kappa shape index (κ1) is 15.5. The smallest absolute Gasteiger partial charge is 0.251 e. The number of benzene rings is 1. The van der Waals surface area contributed by atoms with Crippen molar-refractivity contribution in [2.45, 2.75) is 19.9 Å². The molecule has 1 amide bonds. The Morgan fingerprint density at radius 3 is 2.58 bits per heavy atom. The molecular formula is C12H19N3O3S. The average Bonchev–Trinajstić information content (AvgIpc) is 2.29. The van der Waals surface area contributed by atoms with Crippen LogP contribution in [-0.2, 0) is 10.0 Å². The van der Waals surface area contributed by atoms with Gasteiger partial charge in [0.25, 0.3) is 5.91 Å². The molecule has 0 spiro atoms. The van der Waals surface area contributed by atoms with E-state index in [0.717, 1.165) is 11.8 Å². The van der Waals surface area contributed by atoms with Crippen molar-refractivity contribution in [3.63, 3.8) is 0 Å². The van der Waals surface area contributed by atoms with Crippen LogP contribution in [0.15, 0.2) is 18.2 Å². The number of anilines is 1. The monoisotopic (exact) mass is 285 g/mol. The Balaban J connectivity index is 2.99. The van der Waals surface area contributed by atoms with Crippen molar-refractivity contribution in [2.24, 2.45) is 5.73 Å². The molecule has 0 aliphatic rings.